The van der Waals surface area contributed by atoms with Gasteiger partial charge in [-0.2, -0.15) is 0 Å². The molecular formula is C19H26N2O6S. The van der Waals surface area contributed by atoms with E-state index in [9.17, 15) is 14.7 Å². The highest BCUT2D eigenvalue weighted by molar-refractivity contribution is 7.12. The van der Waals surface area contributed by atoms with Gasteiger partial charge in [0.15, 0.2) is 11.5 Å². The summed E-state index contributed by atoms with van der Waals surface area (Å²) in [4.78, 5) is 26.9. The largest absolute Gasteiger partial charge is 0.485 e. The van der Waals surface area contributed by atoms with Crippen molar-refractivity contribution in [1.82, 2.24) is 10.2 Å². The predicted octanol–water partition coefficient (Wildman–Crippen LogP) is 1.17. The molecule has 1 aromatic rings. The highest BCUT2D eigenvalue weighted by Crippen LogP contribution is 2.43. The molecule has 4 heterocycles. The Labute approximate surface area is 167 Å². The molecule has 154 valence electrons. The van der Waals surface area contributed by atoms with E-state index in [0.29, 0.717) is 68.5 Å². The zero-order chi connectivity index (χ0) is 19.9. The van der Waals surface area contributed by atoms with E-state index >= 15 is 0 Å². The zero-order valence-electron chi connectivity index (χ0n) is 16.2. The van der Waals surface area contributed by atoms with Crippen LogP contribution in [-0.4, -0.2) is 72.0 Å². The Bertz CT molecular complexity index is 772. The molecule has 2 amide bonds. The Morgan fingerprint density at radius 3 is 2.64 bits per heavy atom. The molecule has 2 saturated heterocycles. The molecule has 4 rings (SSSR count). The van der Waals surface area contributed by atoms with Gasteiger partial charge in [0.2, 0.25) is 5.91 Å². The van der Waals surface area contributed by atoms with Crippen molar-refractivity contribution in [3.05, 3.63) is 10.3 Å². The van der Waals surface area contributed by atoms with E-state index in [1.54, 1.807) is 10.3 Å². The molecule has 2 N–H and O–H groups in total. The summed E-state index contributed by atoms with van der Waals surface area (Å²) < 4.78 is 17.2. The van der Waals surface area contributed by atoms with E-state index < -0.39 is 17.2 Å². The minimum atomic E-state index is -0.832. The van der Waals surface area contributed by atoms with Gasteiger partial charge in [0.1, 0.15) is 24.2 Å². The van der Waals surface area contributed by atoms with Crippen molar-refractivity contribution in [1.29, 1.82) is 0 Å². The van der Waals surface area contributed by atoms with Gasteiger partial charge in [-0.1, -0.05) is 0 Å². The smallest absolute Gasteiger partial charge is 0.267 e. The van der Waals surface area contributed by atoms with Crippen molar-refractivity contribution < 1.29 is 28.9 Å². The number of nitrogens with zero attached hydrogens (tertiary/aromatic N) is 1. The number of ether oxygens (including phenoxy) is 3. The SMILES string of the molecule is CC(=O)N[C@@]1(C)CCOC2(CCN(C(=O)c3scc4c3OCCO4)CC2)[C@@H]1O. The van der Waals surface area contributed by atoms with Crippen molar-refractivity contribution in [2.24, 2.45) is 0 Å². The van der Waals surface area contributed by atoms with E-state index in [-0.39, 0.29) is 11.8 Å². The Morgan fingerprint density at radius 2 is 1.93 bits per heavy atom. The normalized spacial score (nSPS) is 28.8. The van der Waals surface area contributed by atoms with E-state index in [2.05, 4.69) is 5.32 Å². The highest BCUT2D eigenvalue weighted by Gasteiger charge is 2.54. The Balaban J connectivity index is 1.46. The van der Waals surface area contributed by atoms with Crippen LogP contribution in [0.3, 0.4) is 0 Å². The molecule has 2 atom stereocenters. The van der Waals surface area contributed by atoms with E-state index in [4.69, 9.17) is 14.2 Å². The topological polar surface area (TPSA) is 97.3 Å². The summed E-state index contributed by atoms with van der Waals surface area (Å²) in [6.07, 6.45) is 0.748. The summed E-state index contributed by atoms with van der Waals surface area (Å²) >= 11 is 1.33. The van der Waals surface area contributed by atoms with Crippen molar-refractivity contribution in [2.75, 3.05) is 32.9 Å². The van der Waals surface area contributed by atoms with Crippen LogP contribution in [0.15, 0.2) is 5.38 Å². The molecule has 0 aliphatic carbocycles. The molecule has 1 spiro atoms. The number of amides is 2. The first-order valence-corrected chi connectivity index (χ1v) is 10.5. The summed E-state index contributed by atoms with van der Waals surface area (Å²) in [5.74, 6) is 0.913. The molecule has 3 aliphatic heterocycles. The summed E-state index contributed by atoms with van der Waals surface area (Å²) in [5.41, 5.74) is -1.48. The van der Waals surface area contributed by atoms with Crippen LogP contribution in [0, 0.1) is 0 Å². The molecule has 3 aliphatic rings. The van der Waals surface area contributed by atoms with Gasteiger partial charge in [-0.3, -0.25) is 9.59 Å². The van der Waals surface area contributed by atoms with Gasteiger partial charge in [-0.05, 0) is 26.2 Å². The molecule has 28 heavy (non-hydrogen) atoms. The molecule has 2 fully saturated rings. The molecule has 0 radical (unpaired) electrons. The third-order valence-electron chi connectivity index (χ3n) is 5.97. The van der Waals surface area contributed by atoms with Crippen LogP contribution < -0.4 is 14.8 Å². The number of carbonyl (C=O) groups excluding carboxylic acids is 2. The lowest BCUT2D eigenvalue weighted by Crippen LogP contribution is -2.69. The third-order valence-corrected chi connectivity index (χ3v) is 6.89. The predicted molar refractivity (Wildman–Crippen MR) is 102 cm³/mol. The number of aliphatic hydroxyl groups excluding tert-OH is 1. The van der Waals surface area contributed by atoms with Crippen LogP contribution in [0.25, 0.3) is 0 Å². The Morgan fingerprint density at radius 1 is 1.21 bits per heavy atom. The molecule has 1 aromatic heterocycles. The van der Waals surface area contributed by atoms with E-state index in [1.165, 1.54) is 18.3 Å². The van der Waals surface area contributed by atoms with Crippen molar-refractivity contribution in [3.8, 4) is 11.5 Å². The molecular weight excluding hydrogens is 384 g/mol. The minimum absolute atomic E-state index is 0.0819. The first kappa shape index (κ1) is 19.5. The average molecular weight is 410 g/mol. The lowest BCUT2D eigenvalue weighted by atomic mass is 9.73. The Kier molecular flexibility index (Phi) is 5.01. The first-order valence-electron chi connectivity index (χ1n) is 9.62. The fourth-order valence-corrected chi connectivity index (χ4v) is 5.35. The average Bonchev–Trinajstić information content (AvgIpc) is 3.10. The van der Waals surface area contributed by atoms with Gasteiger partial charge in [-0.15, -0.1) is 11.3 Å². The van der Waals surface area contributed by atoms with Crippen LogP contribution in [0.4, 0.5) is 0 Å². The number of aliphatic hydroxyl groups is 1. The summed E-state index contributed by atoms with van der Waals surface area (Å²) in [6.45, 7) is 5.65. The zero-order valence-corrected chi connectivity index (χ0v) is 17.0. The molecule has 9 heteroatoms. The maximum atomic E-state index is 13.0. The van der Waals surface area contributed by atoms with Gasteiger partial charge < -0.3 is 29.5 Å². The highest BCUT2D eigenvalue weighted by atomic mass is 32.1. The molecule has 8 nitrogen and oxygen atoms in total. The van der Waals surface area contributed by atoms with E-state index in [1.807, 2.05) is 6.92 Å². The second-order valence-corrected chi connectivity index (χ2v) is 8.79. The lowest BCUT2D eigenvalue weighted by Gasteiger charge is -2.53. The number of fused-ring (bicyclic) bond motifs is 1. The standard InChI is InChI=1S/C19H26N2O6S/c1-12(22)20-18(2)5-8-27-19(17(18)24)3-6-21(7-4-19)16(23)15-14-13(11-28-15)25-9-10-26-14/h11,17,24H,3-10H2,1-2H3,(H,20,22)/t17-,18+/m1/s1. The first-order chi connectivity index (χ1) is 13.3. The van der Waals surface area contributed by atoms with Gasteiger partial charge in [-0.25, -0.2) is 0 Å². The minimum Gasteiger partial charge on any atom is -0.485 e. The van der Waals surface area contributed by atoms with Crippen LogP contribution in [0.2, 0.25) is 0 Å². The van der Waals surface area contributed by atoms with Crippen molar-refractivity contribution >= 4 is 23.2 Å². The molecule has 0 saturated carbocycles. The van der Waals surface area contributed by atoms with E-state index in [0.717, 1.165) is 0 Å². The quantitative estimate of drug-likeness (QED) is 0.760. The van der Waals surface area contributed by atoms with Gasteiger partial charge in [0, 0.05) is 32.0 Å². The van der Waals surface area contributed by atoms with Crippen molar-refractivity contribution in [3.63, 3.8) is 0 Å². The second kappa shape index (κ2) is 7.20. The van der Waals surface area contributed by atoms with Crippen molar-refractivity contribution in [2.45, 2.75) is 50.4 Å². The van der Waals surface area contributed by atoms with Crippen LogP contribution in [0.5, 0.6) is 11.5 Å². The third kappa shape index (κ3) is 3.25. The number of thiophene rings is 1. The van der Waals surface area contributed by atoms with Gasteiger partial charge >= 0.3 is 0 Å². The maximum absolute atomic E-state index is 13.0. The molecule has 0 aromatic carbocycles. The molecule has 0 unspecified atom stereocenters. The number of rotatable bonds is 2. The fraction of sp³-hybridized carbons (Fsp3) is 0.684. The number of nitrogens with one attached hydrogen (secondary N) is 1. The number of piperidine rings is 1. The van der Waals surface area contributed by atoms with Crippen LogP contribution in [-0.2, 0) is 9.53 Å². The summed E-state index contributed by atoms with van der Waals surface area (Å²) in [7, 11) is 0. The fourth-order valence-electron chi connectivity index (χ4n) is 4.46. The van der Waals surface area contributed by atoms with Crippen LogP contribution in [0.1, 0.15) is 42.8 Å². The second-order valence-electron chi connectivity index (χ2n) is 7.91. The summed E-state index contributed by atoms with van der Waals surface area (Å²) in [5, 5.41) is 15.7. The number of hydrogen-bond donors (Lipinski definition) is 2. The monoisotopic (exact) mass is 410 g/mol. The van der Waals surface area contributed by atoms with Gasteiger partial charge in [0.25, 0.3) is 5.91 Å². The number of likely N-dealkylation sites (tertiary alicyclic amines) is 1. The number of carbonyl (C=O) groups is 2. The number of hydrogen-bond acceptors (Lipinski definition) is 7. The Hall–Kier alpha value is -1.84. The van der Waals surface area contributed by atoms with Crippen LogP contribution >= 0.6 is 11.3 Å². The maximum Gasteiger partial charge on any atom is 0.267 e. The molecule has 0 bridgehead atoms. The summed E-state index contributed by atoms with van der Waals surface area (Å²) in [6, 6.07) is 0. The lowest BCUT2D eigenvalue weighted by molar-refractivity contribution is -0.205. The van der Waals surface area contributed by atoms with Gasteiger partial charge in [0.05, 0.1) is 11.1 Å².